The van der Waals surface area contributed by atoms with Crippen molar-refractivity contribution in [2.24, 2.45) is 0 Å². The number of furan rings is 1. The van der Waals surface area contributed by atoms with E-state index in [-0.39, 0.29) is 0 Å². The highest BCUT2D eigenvalue weighted by molar-refractivity contribution is 6.21. The average Bonchev–Trinajstić information content (AvgIpc) is 3.57. The number of nitrogens with zero attached hydrogens (tertiary/aromatic N) is 3. The lowest BCUT2D eigenvalue weighted by Gasteiger charge is -2.11. The van der Waals surface area contributed by atoms with Crippen molar-refractivity contribution < 1.29 is 4.42 Å². The van der Waals surface area contributed by atoms with Gasteiger partial charge in [0.05, 0.1) is 11.0 Å². The highest BCUT2D eigenvalue weighted by atomic mass is 16.3. The van der Waals surface area contributed by atoms with Crippen LogP contribution in [0.15, 0.2) is 132 Å². The summed E-state index contributed by atoms with van der Waals surface area (Å²) in [4.78, 5) is 4.25. The molecule has 0 radical (unpaired) electrons. The molecule has 0 spiro atoms. The van der Waals surface area contributed by atoms with E-state index in [1.54, 1.807) is 6.20 Å². The van der Waals surface area contributed by atoms with Crippen molar-refractivity contribution >= 4 is 43.7 Å². The summed E-state index contributed by atoms with van der Waals surface area (Å²) >= 11 is 0. The molecule has 0 unspecified atom stereocenters. The minimum absolute atomic E-state index is 0.425. The smallest absolute Gasteiger partial charge is 0.160 e. The second-order valence-corrected chi connectivity index (χ2v) is 9.93. The summed E-state index contributed by atoms with van der Waals surface area (Å²) in [5, 5.41) is 14.2. The lowest BCUT2D eigenvalue weighted by molar-refractivity contribution is 0.671. The van der Waals surface area contributed by atoms with E-state index in [1.165, 1.54) is 5.39 Å². The highest BCUT2D eigenvalue weighted by Crippen LogP contribution is 2.40. The van der Waals surface area contributed by atoms with Gasteiger partial charge in [-0.3, -0.25) is 0 Å². The third kappa shape index (κ3) is 3.28. The molecule has 0 saturated heterocycles. The van der Waals surface area contributed by atoms with E-state index in [0.717, 1.165) is 66.3 Å². The van der Waals surface area contributed by atoms with Gasteiger partial charge < -0.3 is 8.98 Å². The molecular formula is C36H21N3O. The molecule has 0 fully saturated rings. The van der Waals surface area contributed by atoms with E-state index < -0.39 is 0 Å². The molecule has 0 aliphatic carbocycles. The first kappa shape index (κ1) is 22.3. The van der Waals surface area contributed by atoms with Gasteiger partial charge in [0.25, 0.3) is 0 Å². The Kier molecular flexibility index (Phi) is 4.85. The molecule has 0 aliphatic rings. The summed E-state index contributed by atoms with van der Waals surface area (Å²) in [6.45, 7) is 0. The third-order valence-electron chi connectivity index (χ3n) is 7.70. The Morgan fingerprint density at radius 1 is 0.625 bits per heavy atom. The number of nitriles is 1. The summed E-state index contributed by atoms with van der Waals surface area (Å²) in [5.41, 5.74) is 9.41. The van der Waals surface area contributed by atoms with Crippen LogP contribution in [0, 0.1) is 11.3 Å². The second-order valence-electron chi connectivity index (χ2n) is 9.93. The largest absolute Gasteiger partial charge is 0.454 e. The summed E-state index contributed by atoms with van der Waals surface area (Å²) in [5.74, 6) is 0. The molecule has 8 rings (SSSR count). The molecule has 186 valence electrons. The number of benzene rings is 5. The minimum atomic E-state index is 0.425. The topological polar surface area (TPSA) is 54.8 Å². The van der Waals surface area contributed by atoms with Crippen LogP contribution in [0.2, 0.25) is 0 Å². The Hall–Kier alpha value is -5.66. The van der Waals surface area contributed by atoms with Crippen LogP contribution >= 0.6 is 0 Å². The zero-order valence-corrected chi connectivity index (χ0v) is 21.4. The van der Waals surface area contributed by atoms with E-state index >= 15 is 0 Å². The molecular weight excluding hydrogens is 490 g/mol. The van der Waals surface area contributed by atoms with Gasteiger partial charge in [-0.2, -0.15) is 5.26 Å². The van der Waals surface area contributed by atoms with E-state index in [4.69, 9.17) is 4.42 Å². The van der Waals surface area contributed by atoms with Crippen LogP contribution in [0.1, 0.15) is 5.69 Å². The molecule has 5 aromatic carbocycles. The second kappa shape index (κ2) is 8.69. The molecule has 4 nitrogen and oxygen atoms in total. The number of para-hydroxylation sites is 2. The number of hydrogen-bond donors (Lipinski definition) is 0. The normalized spacial score (nSPS) is 11.5. The van der Waals surface area contributed by atoms with Gasteiger partial charge in [-0.1, -0.05) is 72.8 Å². The molecule has 0 amide bonds. The maximum Gasteiger partial charge on any atom is 0.160 e. The van der Waals surface area contributed by atoms with Crippen molar-refractivity contribution in [2.45, 2.75) is 0 Å². The van der Waals surface area contributed by atoms with Crippen LogP contribution in [0.5, 0.6) is 0 Å². The van der Waals surface area contributed by atoms with Crippen molar-refractivity contribution in [2.75, 3.05) is 0 Å². The van der Waals surface area contributed by atoms with Crippen molar-refractivity contribution in [3.05, 3.63) is 133 Å². The summed E-state index contributed by atoms with van der Waals surface area (Å²) in [6, 6.07) is 44.0. The Morgan fingerprint density at radius 3 is 2.27 bits per heavy atom. The molecule has 0 saturated carbocycles. The quantitative estimate of drug-likeness (QED) is 0.237. The maximum absolute atomic E-state index is 9.58. The van der Waals surface area contributed by atoms with Crippen LogP contribution in [0.25, 0.3) is 71.7 Å². The molecule has 8 aromatic rings. The standard InChI is InChI=1S/C36H21N3O/c37-22-32-27(14-7-19-38-32)25-10-5-8-23(20-25)24-9-6-11-26(21-24)39-33-15-3-1-12-28(33)30-17-18-31-29-13-2-4-16-34(29)40-36(31)35(30)39/h1-21H. The number of rotatable bonds is 3. The number of aromatic nitrogens is 2. The van der Waals surface area contributed by atoms with E-state index in [1.807, 2.05) is 36.4 Å². The van der Waals surface area contributed by atoms with Crippen molar-refractivity contribution in [1.82, 2.24) is 9.55 Å². The minimum Gasteiger partial charge on any atom is -0.454 e. The zero-order valence-electron chi connectivity index (χ0n) is 21.4. The number of fused-ring (bicyclic) bond motifs is 7. The van der Waals surface area contributed by atoms with E-state index in [2.05, 4.69) is 101 Å². The molecule has 0 aliphatic heterocycles. The molecule has 0 atom stereocenters. The SMILES string of the molecule is N#Cc1ncccc1-c1cccc(-c2cccc(-n3c4ccccc4c4ccc5c6ccccc6oc5c43)c2)c1. The van der Waals surface area contributed by atoms with Gasteiger partial charge in [-0.05, 0) is 65.2 Å². The molecule has 0 bridgehead atoms. The first-order chi connectivity index (χ1) is 19.8. The Labute approximate surface area is 230 Å². The van der Waals surface area contributed by atoms with Gasteiger partial charge in [-0.15, -0.1) is 0 Å². The lowest BCUT2D eigenvalue weighted by atomic mass is 9.98. The highest BCUT2D eigenvalue weighted by Gasteiger charge is 2.19. The van der Waals surface area contributed by atoms with Crippen LogP contribution in [0.3, 0.4) is 0 Å². The fourth-order valence-electron chi connectivity index (χ4n) is 5.92. The summed E-state index contributed by atoms with van der Waals surface area (Å²) in [6.07, 6.45) is 1.65. The van der Waals surface area contributed by atoms with Gasteiger partial charge in [0.1, 0.15) is 17.3 Å². The monoisotopic (exact) mass is 511 g/mol. The average molecular weight is 512 g/mol. The lowest BCUT2D eigenvalue weighted by Crippen LogP contribution is -1.95. The van der Waals surface area contributed by atoms with Gasteiger partial charge in [0.2, 0.25) is 0 Å². The maximum atomic E-state index is 9.58. The number of pyridine rings is 1. The van der Waals surface area contributed by atoms with Crippen LogP contribution in [-0.4, -0.2) is 9.55 Å². The summed E-state index contributed by atoms with van der Waals surface area (Å²) in [7, 11) is 0. The zero-order chi connectivity index (χ0) is 26.6. The van der Waals surface area contributed by atoms with Gasteiger partial charge in [0, 0.05) is 39.0 Å². The predicted octanol–water partition coefficient (Wildman–Crippen LogP) is 9.28. The third-order valence-corrected chi connectivity index (χ3v) is 7.70. The molecule has 3 aromatic heterocycles. The molecule has 3 heterocycles. The first-order valence-electron chi connectivity index (χ1n) is 13.2. The van der Waals surface area contributed by atoms with Crippen molar-refractivity contribution in [3.63, 3.8) is 0 Å². The van der Waals surface area contributed by atoms with Crippen LogP contribution in [-0.2, 0) is 0 Å². The fourth-order valence-corrected chi connectivity index (χ4v) is 5.92. The molecule has 4 heteroatoms. The molecule has 0 N–H and O–H groups in total. The summed E-state index contributed by atoms with van der Waals surface area (Å²) < 4.78 is 8.82. The Balaban J connectivity index is 1.37. The fraction of sp³-hybridized carbons (Fsp3) is 0. The van der Waals surface area contributed by atoms with Crippen LogP contribution in [0.4, 0.5) is 0 Å². The van der Waals surface area contributed by atoms with Gasteiger partial charge in [-0.25, -0.2) is 4.98 Å². The van der Waals surface area contributed by atoms with E-state index in [0.29, 0.717) is 5.69 Å². The van der Waals surface area contributed by atoms with Crippen molar-refractivity contribution in [3.8, 4) is 34.0 Å². The van der Waals surface area contributed by atoms with Crippen molar-refractivity contribution in [1.29, 1.82) is 5.26 Å². The number of hydrogen-bond acceptors (Lipinski definition) is 3. The Bertz CT molecular complexity index is 2300. The Morgan fingerprint density at radius 2 is 1.38 bits per heavy atom. The van der Waals surface area contributed by atoms with E-state index in [9.17, 15) is 5.26 Å². The van der Waals surface area contributed by atoms with Crippen LogP contribution < -0.4 is 0 Å². The van der Waals surface area contributed by atoms with Gasteiger partial charge >= 0.3 is 0 Å². The van der Waals surface area contributed by atoms with Gasteiger partial charge in [0.15, 0.2) is 5.58 Å². The molecule has 40 heavy (non-hydrogen) atoms. The first-order valence-corrected chi connectivity index (χ1v) is 13.2. The predicted molar refractivity (Wildman–Crippen MR) is 161 cm³/mol.